The molecule has 0 fully saturated rings. The summed E-state index contributed by atoms with van der Waals surface area (Å²) in [4.78, 5) is 10.5. The number of hydrogen-bond donors (Lipinski definition) is 4. The number of benzene rings is 1. The summed E-state index contributed by atoms with van der Waals surface area (Å²) in [5, 5.41) is 35.7. The van der Waals surface area contributed by atoms with Crippen LogP contribution in [0, 0.1) is 6.92 Å². The average Bonchev–Trinajstić information content (AvgIpc) is 2.07. The molecule has 0 saturated heterocycles. The predicted molar refractivity (Wildman–Crippen MR) is 54.6 cm³/mol. The maximum absolute atomic E-state index is 10.5. The van der Waals surface area contributed by atoms with Crippen LogP contribution in [0.15, 0.2) is 6.07 Å². The van der Waals surface area contributed by atoms with Gasteiger partial charge in [0.05, 0.1) is 5.56 Å². The summed E-state index contributed by atoms with van der Waals surface area (Å²) in [5.41, 5.74) is -0.226. The van der Waals surface area contributed by atoms with Crippen LogP contribution in [-0.2, 0) is 0 Å². The van der Waals surface area contributed by atoms with Crippen LogP contribution >= 0.6 is 13.5 Å². The molecule has 0 saturated carbocycles. The van der Waals surface area contributed by atoms with Crippen molar-refractivity contribution in [2.45, 2.75) is 6.92 Å². The molecule has 0 aliphatic heterocycles. The van der Waals surface area contributed by atoms with Crippen molar-refractivity contribution in [3.63, 3.8) is 0 Å². The monoisotopic (exact) mass is 242 g/mol. The Balaban J connectivity index is -0.000000563. The van der Waals surface area contributed by atoms with E-state index in [-0.39, 0.29) is 55.6 Å². The second kappa shape index (κ2) is 6.12. The van der Waals surface area contributed by atoms with E-state index >= 15 is 0 Å². The second-order valence-electron chi connectivity index (χ2n) is 2.57. The Morgan fingerprint density at radius 3 is 2.13 bits per heavy atom. The van der Waals surface area contributed by atoms with Crippen molar-refractivity contribution >= 4 is 19.5 Å². The fraction of sp³-hybridized carbons (Fsp3) is 0.125. The summed E-state index contributed by atoms with van der Waals surface area (Å²) in [5.74, 6) is -3.25. The number of carboxylic acids is 1. The summed E-state index contributed by atoms with van der Waals surface area (Å²) in [6.07, 6.45) is 0. The van der Waals surface area contributed by atoms with E-state index in [1.165, 1.54) is 6.92 Å². The van der Waals surface area contributed by atoms with Crippen LogP contribution in [0.2, 0.25) is 0 Å². The SMILES string of the molecule is Cc1c(C(=O)O)cc(O)c(O)c1O.S.[H-].[Na+]. The van der Waals surface area contributed by atoms with E-state index in [0.29, 0.717) is 0 Å². The Labute approximate surface area is 117 Å². The fourth-order valence-electron chi connectivity index (χ4n) is 0.962. The van der Waals surface area contributed by atoms with Crippen LogP contribution in [0.3, 0.4) is 0 Å². The van der Waals surface area contributed by atoms with Crippen molar-refractivity contribution in [2.24, 2.45) is 0 Å². The first-order chi connectivity index (χ1) is 5.95. The van der Waals surface area contributed by atoms with E-state index in [2.05, 4.69) is 0 Å². The van der Waals surface area contributed by atoms with Gasteiger partial charge in [-0.25, -0.2) is 4.79 Å². The van der Waals surface area contributed by atoms with E-state index in [1.54, 1.807) is 0 Å². The summed E-state index contributed by atoms with van der Waals surface area (Å²) in [6, 6.07) is 0.882. The Kier molecular flexibility index (Phi) is 6.87. The number of rotatable bonds is 1. The van der Waals surface area contributed by atoms with Crippen molar-refractivity contribution in [3.8, 4) is 17.2 Å². The summed E-state index contributed by atoms with van der Waals surface area (Å²) in [6.45, 7) is 1.33. The van der Waals surface area contributed by atoms with Crippen LogP contribution in [0.1, 0.15) is 17.3 Å². The quantitative estimate of drug-likeness (QED) is 0.338. The van der Waals surface area contributed by atoms with E-state index < -0.39 is 23.2 Å². The molecule has 0 bridgehead atoms. The minimum absolute atomic E-state index is 0. The average molecular weight is 242 g/mol. The van der Waals surface area contributed by atoms with Crippen LogP contribution in [-0.4, -0.2) is 26.4 Å². The van der Waals surface area contributed by atoms with Gasteiger partial charge in [-0.15, -0.1) is 0 Å². The maximum atomic E-state index is 10.5. The zero-order valence-electron chi connectivity index (χ0n) is 9.27. The van der Waals surface area contributed by atoms with Crippen molar-refractivity contribution in [1.29, 1.82) is 0 Å². The molecule has 0 unspecified atom stereocenters. The molecule has 0 spiro atoms. The van der Waals surface area contributed by atoms with Gasteiger partial charge in [0.25, 0.3) is 0 Å². The zero-order chi connectivity index (χ0) is 10.2. The van der Waals surface area contributed by atoms with E-state index in [9.17, 15) is 4.79 Å². The Morgan fingerprint density at radius 2 is 1.73 bits per heavy atom. The number of aromatic hydroxyl groups is 3. The van der Waals surface area contributed by atoms with Gasteiger partial charge in [0.15, 0.2) is 11.5 Å². The maximum Gasteiger partial charge on any atom is 1.00 e. The van der Waals surface area contributed by atoms with Crippen molar-refractivity contribution < 1.29 is 56.2 Å². The zero-order valence-corrected chi connectivity index (χ0v) is 11.3. The first kappa shape index (κ1) is 16.9. The minimum Gasteiger partial charge on any atom is -1.00 e. The van der Waals surface area contributed by atoms with Crippen LogP contribution in [0.5, 0.6) is 17.2 Å². The molecule has 0 radical (unpaired) electrons. The van der Waals surface area contributed by atoms with Crippen LogP contribution in [0.25, 0.3) is 0 Å². The van der Waals surface area contributed by atoms with Gasteiger partial charge < -0.3 is 21.9 Å². The van der Waals surface area contributed by atoms with Gasteiger partial charge in [0, 0.05) is 5.56 Å². The third-order valence-corrected chi connectivity index (χ3v) is 1.74. The molecule has 1 aromatic rings. The summed E-state index contributed by atoms with van der Waals surface area (Å²) in [7, 11) is 0. The standard InChI is InChI=1S/C8H8O5.Na.H2S.H/c1-3-4(8(12)13)2-5(9)7(11)6(3)10;;;/h2,9-11H,1H3,(H,12,13);;1H2;/q;+1;;-1. The first-order valence-corrected chi connectivity index (χ1v) is 3.43. The third-order valence-electron chi connectivity index (χ3n) is 1.74. The van der Waals surface area contributed by atoms with E-state index in [4.69, 9.17) is 20.4 Å². The Hall–Kier alpha value is -0.560. The molecule has 0 heterocycles. The Bertz CT molecular complexity index is 385. The Morgan fingerprint density at radius 1 is 1.27 bits per heavy atom. The third kappa shape index (κ3) is 3.20. The number of phenols is 3. The minimum atomic E-state index is -1.27. The topological polar surface area (TPSA) is 98.0 Å². The molecule has 1 aromatic carbocycles. The van der Waals surface area contributed by atoms with Gasteiger partial charge in [0.2, 0.25) is 5.75 Å². The first-order valence-electron chi connectivity index (χ1n) is 3.43. The predicted octanol–water partition coefficient (Wildman–Crippen LogP) is -1.96. The molecule has 80 valence electrons. The summed E-state index contributed by atoms with van der Waals surface area (Å²) >= 11 is 0. The largest absolute Gasteiger partial charge is 1.00 e. The molecular formula is C8H11NaO5S. The molecule has 1 rings (SSSR count). The van der Waals surface area contributed by atoms with Gasteiger partial charge in [-0.2, -0.15) is 13.5 Å². The van der Waals surface area contributed by atoms with Crippen molar-refractivity contribution in [1.82, 2.24) is 0 Å². The number of carboxylic acid groups (broad SMARTS) is 1. The van der Waals surface area contributed by atoms with Gasteiger partial charge >= 0.3 is 35.5 Å². The normalized spacial score (nSPS) is 8.60. The van der Waals surface area contributed by atoms with Gasteiger partial charge in [-0.05, 0) is 13.0 Å². The second-order valence-corrected chi connectivity index (χ2v) is 2.57. The fourth-order valence-corrected chi connectivity index (χ4v) is 0.962. The van der Waals surface area contributed by atoms with E-state index in [0.717, 1.165) is 6.07 Å². The van der Waals surface area contributed by atoms with Crippen molar-refractivity contribution in [2.75, 3.05) is 0 Å². The number of carbonyl (C=O) groups is 1. The molecule has 0 atom stereocenters. The van der Waals surface area contributed by atoms with Crippen LogP contribution in [0.4, 0.5) is 0 Å². The molecule has 0 amide bonds. The number of aromatic carboxylic acids is 1. The number of phenolic OH excluding ortho intramolecular Hbond substituents is 3. The van der Waals surface area contributed by atoms with Gasteiger partial charge in [0.1, 0.15) is 0 Å². The van der Waals surface area contributed by atoms with Gasteiger partial charge in [-0.3, -0.25) is 0 Å². The molecule has 7 heteroatoms. The summed E-state index contributed by atoms with van der Waals surface area (Å²) < 4.78 is 0. The molecule has 5 nitrogen and oxygen atoms in total. The number of hydrogen-bond acceptors (Lipinski definition) is 4. The van der Waals surface area contributed by atoms with Gasteiger partial charge in [-0.1, -0.05) is 0 Å². The molecule has 15 heavy (non-hydrogen) atoms. The van der Waals surface area contributed by atoms with Crippen LogP contribution < -0.4 is 29.6 Å². The molecular weight excluding hydrogens is 231 g/mol. The molecule has 0 aromatic heterocycles. The van der Waals surface area contributed by atoms with Crippen molar-refractivity contribution in [3.05, 3.63) is 17.2 Å². The molecule has 4 N–H and O–H groups in total. The smallest absolute Gasteiger partial charge is 1.00 e. The molecule has 0 aliphatic carbocycles. The van der Waals surface area contributed by atoms with E-state index in [1.807, 2.05) is 0 Å². The molecule has 0 aliphatic rings.